The Bertz CT molecular complexity index is 457. The van der Waals surface area contributed by atoms with Gasteiger partial charge in [0.15, 0.2) is 11.6 Å². The van der Waals surface area contributed by atoms with Gasteiger partial charge in [-0.05, 0) is 6.07 Å². The minimum absolute atomic E-state index is 0.154. The van der Waals surface area contributed by atoms with Crippen molar-refractivity contribution < 1.29 is 23.0 Å². The minimum atomic E-state index is -3.85. The van der Waals surface area contributed by atoms with Gasteiger partial charge < -0.3 is 10.2 Å². The molecule has 78 valence electrons. The molecule has 0 aliphatic rings. The quantitative estimate of drug-likeness (QED) is 0.604. The predicted molar refractivity (Wildman–Crippen MR) is 48.2 cm³/mol. The molecule has 1 aromatic rings. The molecular formula is C7H6ClFO4S. The zero-order valence-corrected chi connectivity index (χ0v) is 8.31. The molecule has 0 aliphatic carbocycles. The second kappa shape index (κ2) is 3.62. The van der Waals surface area contributed by atoms with Crippen LogP contribution in [0.25, 0.3) is 0 Å². The topological polar surface area (TPSA) is 74.6 Å². The lowest BCUT2D eigenvalue weighted by Crippen LogP contribution is -1.96. The highest BCUT2D eigenvalue weighted by molar-refractivity contribution is 8.13. The second-order valence-electron chi connectivity index (χ2n) is 2.62. The molecule has 0 saturated heterocycles. The van der Waals surface area contributed by atoms with Crippen LogP contribution in [0.3, 0.4) is 0 Å². The molecule has 1 rings (SSSR count). The van der Waals surface area contributed by atoms with Gasteiger partial charge in [-0.2, -0.15) is 0 Å². The third-order valence-corrected chi connectivity index (χ3v) is 2.46. The Morgan fingerprint density at radius 3 is 2.36 bits per heavy atom. The zero-order valence-electron chi connectivity index (χ0n) is 6.74. The molecule has 0 spiro atoms. The summed E-state index contributed by atoms with van der Waals surface area (Å²) in [6.45, 7) is 0. The summed E-state index contributed by atoms with van der Waals surface area (Å²) >= 11 is 0. The van der Waals surface area contributed by atoms with Gasteiger partial charge in [-0.15, -0.1) is 0 Å². The minimum Gasteiger partial charge on any atom is -0.508 e. The maximum absolute atomic E-state index is 12.6. The first-order valence-electron chi connectivity index (χ1n) is 3.42. The molecule has 0 fully saturated rings. The molecule has 0 saturated carbocycles. The van der Waals surface area contributed by atoms with Gasteiger partial charge in [0.2, 0.25) is 9.05 Å². The summed E-state index contributed by atoms with van der Waals surface area (Å²) in [5.41, 5.74) is -0.154. The van der Waals surface area contributed by atoms with Crippen LogP contribution in [0.2, 0.25) is 0 Å². The van der Waals surface area contributed by atoms with Crippen molar-refractivity contribution in [2.24, 2.45) is 0 Å². The van der Waals surface area contributed by atoms with Crippen LogP contribution in [0.5, 0.6) is 11.5 Å². The van der Waals surface area contributed by atoms with Crippen molar-refractivity contribution in [3.63, 3.8) is 0 Å². The fourth-order valence-electron chi connectivity index (χ4n) is 0.896. The van der Waals surface area contributed by atoms with E-state index >= 15 is 0 Å². The first-order chi connectivity index (χ1) is 6.29. The van der Waals surface area contributed by atoms with Crippen LogP contribution in [0.1, 0.15) is 5.56 Å². The average molecular weight is 241 g/mol. The molecule has 0 amide bonds. The maximum atomic E-state index is 12.6. The van der Waals surface area contributed by atoms with Crippen LogP contribution in [0.4, 0.5) is 4.39 Å². The Balaban J connectivity index is 3.17. The summed E-state index contributed by atoms with van der Waals surface area (Å²) in [7, 11) is 1.07. The molecule has 14 heavy (non-hydrogen) atoms. The van der Waals surface area contributed by atoms with Gasteiger partial charge in [0.05, 0.1) is 5.75 Å². The molecule has 0 aromatic heterocycles. The number of rotatable bonds is 2. The van der Waals surface area contributed by atoms with Crippen LogP contribution >= 0.6 is 10.7 Å². The van der Waals surface area contributed by atoms with Gasteiger partial charge in [0.25, 0.3) is 0 Å². The first-order valence-corrected chi connectivity index (χ1v) is 5.90. The lowest BCUT2D eigenvalue weighted by Gasteiger charge is -2.03. The number of aromatic hydroxyl groups is 2. The van der Waals surface area contributed by atoms with Crippen molar-refractivity contribution in [2.75, 3.05) is 0 Å². The third-order valence-electron chi connectivity index (χ3n) is 1.48. The Labute approximate surface area is 84.0 Å². The Morgan fingerprint density at radius 2 is 1.86 bits per heavy atom. The maximum Gasteiger partial charge on any atom is 0.236 e. The fourth-order valence-corrected chi connectivity index (χ4v) is 1.85. The normalized spacial score (nSPS) is 11.6. The van der Waals surface area contributed by atoms with Crippen LogP contribution < -0.4 is 0 Å². The molecule has 0 aliphatic heterocycles. The van der Waals surface area contributed by atoms with E-state index in [1.54, 1.807) is 0 Å². The standard InChI is InChI=1S/C7H6ClFO4S/c8-14(12,13)3-4-1-7(11)5(9)2-6(4)10/h1-2,10-11H,3H2. The summed E-state index contributed by atoms with van der Waals surface area (Å²) in [5.74, 6) is -3.00. The molecule has 0 heterocycles. The molecular weight excluding hydrogens is 235 g/mol. The number of phenols is 2. The van der Waals surface area contributed by atoms with Gasteiger partial charge in [-0.1, -0.05) is 0 Å². The number of phenolic OH excluding ortho intramolecular Hbond substituents is 2. The molecule has 0 radical (unpaired) electrons. The van der Waals surface area contributed by atoms with E-state index in [4.69, 9.17) is 20.9 Å². The van der Waals surface area contributed by atoms with Crippen molar-refractivity contribution >= 4 is 19.7 Å². The SMILES string of the molecule is O=S(=O)(Cl)Cc1cc(O)c(F)cc1O. The van der Waals surface area contributed by atoms with Crippen molar-refractivity contribution in [3.8, 4) is 11.5 Å². The Morgan fingerprint density at radius 1 is 1.29 bits per heavy atom. The van der Waals surface area contributed by atoms with E-state index in [1.165, 1.54) is 0 Å². The lowest BCUT2D eigenvalue weighted by atomic mass is 10.2. The van der Waals surface area contributed by atoms with E-state index in [0.717, 1.165) is 6.07 Å². The summed E-state index contributed by atoms with van der Waals surface area (Å²) in [4.78, 5) is 0. The summed E-state index contributed by atoms with van der Waals surface area (Å²) in [6.07, 6.45) is 0. The number of benzene rings is 1. The van der Waals surface area contributed by atoms with Crippen molar-refractivity contribution in [1.82, 2.24) is 0 Å². The molecule has 0 bridgehead atoms. The number of halogens is 2. The van der Waals surface area contributed by atoms with Crippen molar-refractivity contribution in [1.29, 1.82) is 0 Å². The molecule has 4 nitrogen and oxygen atoms in total. The lowest BCUT2D eigenvalue weighted by molar-refractivity contribution is 0.419. The van der Waals surface area contributed by atoms with E-state index in [9.17, 15) is 12.8 Å². The second-order valence-corrected chi connectivity index (χ2v) is 5.39. The zero-order chi connectivity index (χ0) is 10.9. The summed E-state index contributed by atoms with van der Waals surface area (Å²) in [6, 6.07) is 1.43. The van der Waals surface area contributed by atoms with Crippen LogP contribution in [-0.2, 0) is 14.8 Å². The van der Waals surface area contributed by atoms with Crippen LogP contribution in [0, 0.1) is 5.82 Å². The molecule has 7 heteroatoms. The van der Waals surface area contributed by atoms with E-state index in [1.807, 2.05) is 0 Å². The highest BCUT2D eigenvalue weighted by atomic mass is 35.7. The third kappa shape index (κ3) is 2.74. The predicted octanol–water partition coefficient (Wildman–Crippen LogP) is 1.31. The summed E-state index contributed by atoms with van der Waals surface area (Å²) in [5, 5.41) is 18.0. The number of hydrogen-bond donors (Lipinski definition) is 2. The van der Waals surface area contributed by atoms with E-state index in [2.05, 4.69) is 0 Å². The smallest absolute Gasteiger partial charge is 0.236 e. The molecule has 2 N–H and O–H groups in total. The first kappa shape index (κ1) is 11.1. The number of hydrogen-bond acceptors (Lipinski definition) is 4. The molecule has 1 aromatic carbocycles. The monoisotopic (exact) mass is 240 g/mol. The Hall–Kier alpha value is -1.01. The van der Waals surface area contributed by atoms with E-state index in [0.29, 0.717) is 6.07 Å². The Kier molecular flexibility index (Phi) is 2.86. The van der Waals surface area contributed by atoms with Gasteiger partial charge >= 0.3 is 0 Å². The van der Waals surface area contributed by atoms with Crippen molar-refractivity contribution in [3.05, 3.63) is 23.5 Å². The largest absolute Gasteiger partial charge is 0.508 e. The van der Waals surface area contributed by atoms with E-state index < -0.39 is 32.1 Å². The van der Waals surface area contributed by atoms with E-state index in [-0.39, 0.29) is 5.56 Å². The molecule has 0 unspecified atom stereocenters. The van der Waals surface area contributed by atoms with Crippen LogP contribution in [-0.4, -0.2) is 18.6 Å². The van der Waals surface area contributed by atoms with Gasteiger partial charge in [0.1, 0.15) is 5.75 Å². The van der Waals surface area contributed by atoms with Crippen LogP contribution in [0.15, 0.2) is 12.1 Å². The highest BCUT2D eigenvalue weighted by Gasteiger charge is 2.14. The average Bonchev–Trinajstić information content (AvgIpc) is 1.97. The van der Waals surface area contributed by atoms with Gasteiger partial charge in [-0.25, -0.2) is 12.8 Å². The van der Waals surface area contributed by atoms with Crippen molar-refractivity contribution in [2.45, 2.75) is 5.75 Å². The highest BCUT2D eigenvalue weighted by Crippen LogP contribution is 2.27. The summed E-state index contributed by atoms with van der Waals surface area (Å²) < 4.78 is 33.9. The van der Waals surface area contributed by atoms with Gasteiger partial charge in [-0.3, -0.25) is 0 Å². The van der Waals surface area contributed by atoms with Gasteiger partial charge in [0, 0.05) is 22.3 Å². The molecule has 0 atom stereocenters. The fraction of sp³-hybridized carbons (Fsp3) is 0.143.